The normalized spacial score (nSPS) is 34.0. The molecule has 1 aliphatic heterocycles. The molecule has 11 unspecified atom stereocenters. The fourth-order valence-corrected chi connectivity index (χ4v) is 19.6. The lowest BCUT2D eigenvalue weighted by Gasteiger charge is -2.63. The zero-order valence-corrected chi connectivity index (χ0v) is 46.9. The summed E-state index contributed by atoms with van der Waals surface area (Å²) < 4.78 is 2.44. The molecule has 2 heterocycles. The summed E-state index contributed by atoms with van der Waals surface area (Å²) in [7, 11) is 0. The first-order valence-corrected chi connectivity index (χ1v) is 31.3. The van der Waals surface area contributed by atoms with E-state index in [-0.39, 0.29) is 10.8 Å². The molecular formula is C76H82N2. The van der Waals surface area contributed by atoms with E-state index in [0.29, 0.717) is 53.6 Å². The molecule has 2 spiro atoms. The third-order valence-corrected chi connectivity index (χ3v) is 22.5. The van der Waals surface area contributed by atoms with Gasteiger partial charge in [-0.2, -0.15) is 0 Å². The van der Waals surface area contributed by atoms with Crippen LogP contribution in [0.1, 0.15) is 147 Å². The first kappa shape index (κ1) is 49.1. The lowest BCUT2D eigenvalue weighted by Crippen LogP contribution is -2.56. The van der Waals surface area contributed by atoms with Crippen molar-refractivity contribution >= 4 is 34.8 Å². The molecule has 3 aromatic rings. The quantitative estimate of drug-likeness (QED) is 0.153. The van der Waals surface area contributed by atoms with E-state index in [4.69, 9.17) is 13.2 Å². The second kappa shape index (κ2) is 19.4. The van der Waals surface area contributed by atoms with Crippen molar-refractivity contribution in [1.29, 1.82) is 0 Å². The van der Waals surface area contributed by atoms with Gasteiger partial charge < -0.3 is 4.57 Å². The van der Waals surface area contributed by atoms with Gasteiger partial charge in [0.2, 0.25) is 0 Å². The summed E-state index contributed by atoms with van der Waals surface area (Å²) in [5.41, 5.74) is 22.7. The van der Waals surface area contributed by atoms with Gasteiger partial charge in [-0.05, 0) is 191 Å². The molecular weight excluding hydrogens is 941 g/mol. The van der Waals surface area contributed by atoms with Crippen LogP contribution in [0.4, 0.5) is 0 Å². The van der Waals surface area contributed by atoms with Crippen LogP contribution in [0, 0.1) is 40.9 Å². The van der Waals surface area contributed by atoms with Gasteiger partial charge >= 0.3 is 0 Å². The summed E-state index contributed by atoms with van der Waals surface area (Å²) in [6.07, 6.45) is 65.8. The number of hydrogen-bond acceptors (Lipinski definition) is 1. The average molecular weight is 1020 g/mol. The number of likely N-dealkylation sites (tertiary alicyclic amines) is 1. The Morgan fingerprint density at radius 2 is 1.65 bits per heavy atom. The molecule has 11 atom stereocenters. The molecule has 396 valence electrons. The molecule has 15 rings (SSSR count). The lowest BCUT2D eigenvalue weighted by atomic mass is 9.40. The average Bonchev–Trinajstić information content (AvgIpc) is 4.10. The van der Waals surface area contributed by atoms with Crippen LogP contribution in [0.3, 0.4) is 0 Å². The largest absolute Gasteiger partial charge is 0.310 e. The number of unbranched alkanes of at least 4 members (excludes halogenated alkanes) is 1. The van der Waals surface area contributed by atoms with E-state index in [0.717, 1.165) is 82.4 Å². The highest BCUT2D eigenvalue weighted by molar-refractivity contribution is 5.90. The maximum absolute atomic E-state index is 4.73. The summed E-state index contributed by atoms with van der Waals surface area (Å²) in [4.78, 5) is 2.96. The zero-order valence-electron chi connectivity index (χ0n) is 46.9. The maximum Gasteiger partial charge on any atom is 0.0540 e. The number of allylic oxidation sites excluding steroid dienone is 24. The smallest absolute Gasteiger partial charge is 0.0540 e. The van der Waals surface area contributed by atoms with E-state index in [2.05, 4.69) is 175 Å². The highest BCUT2D eigenvalue weighted by atomic mass is 15.2. The van der Waals surface area contributed by atoms with Crippen molar-refractivity contribution in [2.45, 2.75) is 159 Å². The Labute approximate surface area is 466 Å². The van der Waals surface area contributed by atoms with Crippen molar-refractivity contribution in [2.24, 2.45) is 40.9 Å². The Balaban J connectivity index is 0.856. The van der Waals surface area contributed by atoms with Gasteiger partial charge in [-0.25, -0.2) is 0 Å². The molecule has 11 aliphatic carbocycles. The summed E-state index contributed by atoms with van der Waals surface area (Å²) in [6, 6.07) is 20.5. The van der Waals surface area contributed by atoms with Crippen molar-refractivity contribution in [2.75, 3.05) is 0 Å². The molecule has 1 aromatic heterocycles. The van der Waals surface area contributed by atoms with E-state index in [1.807, 2.05) is 16.7 Å². The van der Waals surface area contributed by atoms with Gasteiger partial charge in [0.25, 0.3) is 0 Å². The number of aromatic nitrogens is 1. The summed E-state index contributed by atoms with van der Waals surface area (Å²) in [5, 5.41) is 3.73. The number of benzene rings is 2. The Bertz CT molecular complexity index is 3590. The van der Waals surface area contributed by atoms with Gasteiger partial charge in [0.05, 0.1) is 5.52 Å². The van der Waals surface area contributed by atoms with Crippen molar-refractivity contribution < 1.29 is 0 Å². The second-order valence-electron chi connectivity index (χ2n) is 25.8. The minimum Gasteiger partial charge on any atom is -0.310 e. The monoisotopic (exact) mass is 1020 g/mol. The van der Waals surface area contributed by atoms with Gasteiger partial charge in [-0.15, -0.1) is 0 Å². The number of para-hydroxylation sites is 1. The van der Waals surface area contributed by atoms with Gasteiger partial charge in [0, 0.05) is 68.4 Å². The molecule has 2 heteroatoms. The predicted octanol–water partition coefficient (Wildman–Crippen LogP) is 17.3. The third-order valence-electron chi connectivity index (χ3n) is 22.5. The predicted molar refractivity (Wildman–Crippen MR) is 328 cm³/mol. The van der Waals surface area contributed by atoms with Crippen molar-refractivity contribution in [3.63, 3.8) is 0 Å². The fourth-order valence-electron chi connectivity index (χ4n) is 19.6. The van der Waals surface area contributed by atoms with Crippen molar-refractivity contribution in [3.8, 4) is 0 Å². The van der Waals surface area contributed by atoms with E-state index >= 15 is 0 Å². The molecule has 0 amide bonds. The van der Waals surface area contributed by atoms with Crippen molar-refractivity contribution in [3.05, 3.63) is 224 Å². The van der Waals surface area contributed by atoms with E-state index in [9.17, 15) is 0 Å². The Hall–Kier alpha value is -5.96. The number of nitrogens with zero attached hydrogens (tertiary/aromatic N) is 2. The SMILES string of the molecule is C=C/C(=C\CC(C)N1C2CCCC=C2C2CCC=CC21)C1CCC2=C(C1)C1(C3=CC=CCC3C3=C1CCC=C3)C1CC=C(C3C=CC(n4c(=C)/c(=C\CCC)c5ccccc54)=CC3)CC1C21C2=C(C=CCC2)c2ccccc21. The second-order valence-corrected chi connectivity index (χ2v) is 25.8. The third kappa shape index (κ3) is 7.02. The number of rotatable bonds is 9. The van der Waals surface area contributed by atoms with E-state index in [1.54, 1.807) is 39.0 Å². The van der Waals surface area contributed by atoms with Crippen LogP contribution in [0.25, 0.3) is 34.8 Å². The number of hydrogen-bond donors (Lipinski definition) is 0. The standard InChI is InChI=1S/C76H82N2/c1-5-7-22-56-50(4)78(74-36-21-12-27-61(56)74)55-43-39-52(40-44-55)54-42-46-69-71(48-54)76(66-32-17-10-25-59(66)60-26-11-18-33-67(60)76)68-45-41-53(47-70(68)75(69)64-30-15-8-23-57(64)58-24-9-16-31-65(58)75)51(6-2)38-37-49(3)77-72-34-19-13-28-62(72)63-29-14-20-35-73(63)77/h6,8-12,15,17,19,21-22,24-27,29-30,32,34,36,38-39,42-44,49,52-53,57,62,69,71-73H,2,4-5,7,13-14,16,18,20,23,28,31,33,35,37,40-41,45-48H2,1,3H3/b51-38+,56-22+. The Morgan fingerprint density at radius 1 is 0.782 bits per heavy atom. The molecule has 78 heavy (non-hydrogen) atoms. The fraction of sp³-hybridized carbons (Fsp3) is 0.421. The van der Waals surface area contributed by atoms with Gasteiger partial charge in [-0.1, -0.05) is 194 Å². The molecule has 1 saturated heterocycles. The Kier molecular flexibility index (Phi) is 12.2. The summed E-state index contributed by atoms with van der Waals surface area (Å²) in [5.74, 6) is 2.96. The maximum atomic E-state index is 4.73. The van der Waals surface area contributed by atoms with Crippen LogP contribution < -0.4 is 10.6 Å². The highest BCUT2D eigenvalue weighted by Gasteiger charge is 2.68. The molecule has 1 fully saturated rings. The molecule has 2 aromatic carbocycles. The van der Waals surface area contributed by atoms with Gasteiger partial charge in [-0.3, -0.25) is 4.90 Å². The molecule has 0 radical (unpaired) electrons. The number of fused-ring (bicyclic) bond motifs is 17. The highest BCUT2D eigenvalue weighted by Crippen LogP contribution is 2.76. The first-order chi connectivity index (χ1) is 38.5. The van der Waals surface area contributed by atoms with E-state index < -0.39 is 0 Å². The van der Waals surface area contributed by atoms with Gasteiger partial charge in [0.1, 0.15) is 0 Å². The zero-order chi connectivity index (χ0) is 52.3. The van der Waals surface area contributed by atoms with E-state index in [1.165, 1.54) is 77.9 Å². The lowest BCUT2D eigenvalue weighted by molar-refractivity contribution is 0.102. The first-order valence-electron chi connectivity index (χ1n) is 31.3. The molecule has 0 saturated carbocycles. The minimum atomic E-state index is -0.115. The summed E-state index contributed by atoms with van der Waals surface area (Å²) in [6.45, 7) is 14.3. The van der Waals surface area contributed by atoms with Crippen LogP contribution in [0.2, 0.25) is 0 Å². The van der Waals surface area contributed by atoms with Crippen LogP contribution in [-0.2, 0) is 5.41 Å². The van der Waals surface area contributed by atoms with Gasteiger partial charge in [0.15, 0.2) is 0 Å². The van der Waals surface area contributed by atoms with Crippen molar-refractivity contribution in [1.82, 2.24) is 9.47 Å². The molecule has 0 N–H and O–H groups in total. The van der Waals surface area contributed by atoms with Crippen LogP contribution in [-0.4, -0.2) is 27.6 Å². The molecule has 0 bridgehead atoms. The molecule has 12 aliphatic rings. The van der Waals surface area contributed by atoms with Crippen LogP contribution in [0.15, 0.2) is 202 Å². The summed E-state index contributed by atoms with van der Waals surface area (Å²) >= 11 is 0. The molecule has 2 nitrogen and oxygen atoms in total. The minimum absolute atomic E-state index is 0.0760. The Morgan fingerprint density at radius 3 is 2.54 bits per heavy atom. The van der Waals surface area contributed by atoms with Crippen LogP contribution in [0.5, 0.6) is 0 Å². The van der Waals surface area contributed by atoms with Crippen LogP contribution >= 0.6 is 0 Å². The topological polar surface area (TPSA) is 8.17 Å².